The molecule has 16 heavy (non-hydrogen) atoms. The zero-order valence-corrected chi connectivity index (χ0v) is 10.2. The molecule has 0 bridgehead atoms. The second-order valence-electron chi connectivity index (χ2n) is 4.98. The van der Waals surface area contributed by atoms with E-state index in [0.29, 0.717) is 0 Å². The minimum absolute atomic E-state index is 0.0955. The Morgan fingerprint density at radius 1 is 1.12 bits per heavy atom. The maximum Gasteiger partial charge on any atom is 0.0330 e. The average molecular weight is 213 g/mol. The second-order valence-corrected chi connectivity index (χ2v) is 4.98. The molecule has 1 atom stereocenters. The minimum Gasteiger partial charge on any atom is -0.399 e. The highest BCUT2D eigenvalue weighted by Gasteiger charge is 2.28. The molecule has 0 saturated heterocycles. The Morgan fingerprint density at radius 3 is 2.31 bits per heavy atom. The van der Waals surface area contributed by atoms with Crippen molar-refractivity contribution in [3.05, 3.63) is 58.8 Å². The summed E-state index contributed by atoms with van der Waals surface area (Å²) in [5.74, 6) is 0. The molecule has 2 rings (SSSR count). The van der Waals surface area contributed by atoms with Gasteiger partial charge in [-0.25, -0.2) is 0 Å². The monoisotopic (exact) mass is 213 g/mol. The Morgan fingerprint density at radius 2 is 1.75 bits per heavy atom. The van der Waals surface area contributed by atoms with Crippen molar-refractivity contribution in [2.75, 3.05) is 0 Å². The molecule has 0 fully saturated rings. The van der Waals surface area contributed by atoms with Crippen LogP contribution in [0.1, 0.15) is 32.8 Å². The average Bonchev–Trinajstić information content (AvgIpc) is 2.27. The number of rotatable bonds is 1. The molecule has 0 aromatic heterocycles. The third kappa shape index (κ3) is 1.78. The van der Waals surface area contributed by atoms with Crippen molar-refractivity contribution >= 4 is 0 Å². The SMILES string of the molecule is CC1=CC(C)(c2ccccc2)CC(C)=C1N. The van der Waals surface area contributed by atoms with Crippen LogP contribution in [-0.4, -0.2) is 0 Å². The van der Waals surface area contributed by atoms with Gasteiger partial charge < -0.3 is 5.73 Å². The van der Waals surface area contributed by atoms with Crippen molar-refractivity contribution in [2.45, 2.75) is 32.6 Å². The van der Waals surface area contributed by atoms with Crippen LogP contribution in [0.2, 0.25) is 0 Å². The second kappa shape index (κ2) is 3.82. The van der Waals surface area contributed by atoms with Crippen molar-refractivity contribution in [1.82, 2.24) is 0 Å². The molecule has 1 aromatic rings. The predicted molar refractivity (Wildman–Crippen MR) is 69.1 cm³/mol. The van der Waals surface area contributed by atoms with Crippen LogP contribution in [0, 0.1) is 0 Å². The molecule has 1 aromatic carbocycles. The van der Waals surface area contributed by atoms with Gasteiger partial charge in [0.25, 0.3) is 0 Å². The molecular weight excluding hydrogens is 194 g/mol. The van der Waals surface area contributed by atoms with Gasteiger partial charge in [0.15, 0.2) is 0 Å². The Labute approximate surface area is 97.7 Å². The molecule has 1 aliphatic rings. The highest BCUT2D eigenvalue weighted by Crippen LogP contribution is 2.38. The van der Waals surface area contributed by atoms with Crippen LogP contribution in [0.5, 0.6) is 0 Å². The van der Waals surface area contributed by atoms with Gasteiger partial charge in [0.2, 0.25) is 0 Å². The van der Waals surface area contributed by atoms with Crippen LogP contribution in [0.25, 0.3) is 0 Å². The van der Waals surface area contributed by atoms with E-state index in [9.17, 15) is 0 Å². The molecule has 0 spiro atoms. The maximum absolute atomic E-state index is 6.03. The molecule has 0 radical (unpaired) electrons. The van der Waals surface area contributed by atoms with Gasteiger partial charge in [0.1, 0.15) is 0 Å². The number of allylic oxidation sites excluding steroid dienone is 3. The first-order valence-electron chi connectivity index (χ1n) is 5.73. The zero-order valence-electron chi connectivity index (χ0n) is 10.2. The zero-order chi connectivity index (χ0) is 11.8. The normalized spacial score (nSPS) is 25.6. The summed E-state index contributed by atoms with van der Waals surface area (Å²) in [5, 5.41) is 0. The summed E-state index contributed by atoms with van der Waals surface area (Å²) in [5.41, 5.74) is 11.0. The number of benzene rings is 1. The molecule has 0 amide bonds. The quantitative estimate of drug-likeness (QED) is 0.758. The standard InChI is InChI=1S/C15H19N/c1-11-9-15(3,10-12(2)14(11)16)13-7-5-4-6-8-13/h4-9H,10,16H2,1-3H3. The van der Waals surface area contributed by atoms with Crippen molar-refractivity contribution < 1.29 is 0 Å². The van der Waals surface area contributed by atoms with Crippen molar-refractivity contribution in [3.8, 4) is 0 Å². The van der Waals surface area contributed by atoms with Gasteiger partial charge in [-0.1, -0.05) is 43.3 Å². The molecule has 2 N–H and O–H groups in total. The number of hydrogen-bond donors (Lipinski definition) is 1. The summed E-state index contributed by atoms with van der Waals surface area (Å²) < 4.78 is 0. The topological polar surface area (TPSA) is 26.0 Å². The van der Waals surface area contributed by atoms with Crippen LogP contribution >= 0.6 is 0 Å². The van der Waals surface area contributed by atoms with E-state index in [-0.39, 0.29) is 5.41 Å². The van der Waals surface area contributed by atoms with Crippen LogP contribution in [0.4, 0.5) is 0 Å². The molecular formula is C15H19N. The van der Waals surface area contributed by atoms with Crippen LogP contribution in [0.3, 0.4) is 0 Å². The van der Waals surface area contributed by atoms with Crippen molar-refractivity contribution in [2.24, 2.45) is 5.73 Å². The van der Waals surface area contributed by atoms with E-state index < -0.39 is 0 Å². The fourth-order valence-corrected chi connectivity index (χ4v) is 2.59. The lowest BCUT2D eigenvalue weighted by atomic mass is 9.72. The van der Waals surface area contributed by atoms with Crippen molar-refractivity contribution in [3.63, 3.8) is 0 Å². The highest BCUT2D eigenvalue weighted by molar-refractivity contribution is 5.44. The Balaban J connectivity index is 2.44. The lowest BCUT2D eigenvalue weighted by Gasteiger charge is -2.32. The predicted octanol–water partition coefficient (Wildman–Crippen LogP) is 3.53. The number of nitrogens with two attached hydrogens (primary N) is 1. The van der Waals surface area contributed by atoms with E-state index in [4.69, 9.17) is 5.73 Å². The minimum atomic E-state index is 0.0955. The van der Waals surface area contributed by atoms with Crippen molar-refractivity contribution in [1.29, 1.82) is 0 Å². The van der Waals surface area contributed by atoms with E-state index in [0.717, 1.165) is 12.1 Å². The van der Waals surface area contributed by atoms with E-state index in [2.05, 4.69) is 57.2 Å². The Bertz CT molecular complexity index is 454. The lowest BCUT2D eigenvalue weighted by molar-refractivity contribution is 0.570. The van der Waals surface area contributed by atoms with Gasteiger partial charge in [-0.2, -0.15) is 0 Å². The Hall–Kier alpha value is -1.50. The largest absolute Gasteiger partial charge is 0.399 e. The van der Waals surface area contributed by atoms with Gasteiger partial charge in [-0.05, 0) is 37.0 Å². The molecule has 0 saturated carbocycles. The van der Waals surface area contributed by atoms with E-state index in [1.165, 1.54) is 16.7 Å². The summed E-state index contributed by atoms with van der Waals surface area (Å²) in [6, 6.07) is 10.6. The summed E-state index contributed by atoms with van der Waals surface area (Å²) in [4.78, 5) is 0. The molecule has 84 valence electrons. The number of hydrogen-bond acceptors (Lipinski definition) is 1. The van der Waals surface area contributed by atoms with Gasteiger partial charge in [-0.15, -0.1) is 0 Å². The van der Waals surface area contributed by atoms with E-state index in [1.807, 2.05) is 0 Å². The van der Waals surface area contributed by atoms with Gasteiger partial charge in [0, 0.05) is 11.1 Å². The fourth-order valence-electron chi connectivity index (χ4n) is 2.59. The first-order chi connectivity index (χ1) is 7.53. The first kappa shape index (κ1) is 11.0. The molecule has 1 nitrogen and oxygen atoms in total. The van der Waals surface area contributed by atoms with Crippen LogP contribution in [-0.2, 0) is 5.41 Å². The van der Waals surface area contributed by atoms with Crippen LogP contribution < -0.4 is 5.73 Å². The van der Waals surface area contributed by atoms with Gasteiger partial charge in [-0.3, -0.25) is 0 Å². The van der Waals surface area contributed by atoms with E-state index in [1.54, 1.807) is 0 Å². The Kier molecular flexibility index (Phi) is 2.63. The smallest absolute Gasteiger partial charge is 0.0330 e. The first-order valence-corrected chi connectivity index (χ1v) is 5.73. The summed E-state index contributed by atoms with van der Waals surface area (Å²) in [7, 11) is 0. The molecule has 1 heteroatoms. The summed E-state index contributed by atoms with van der Waals surface area (Å²) in [6.07, 6.45) is 3.31. The summed E-state index contributed by atoms with van der Waals surface area (Å²) >= 11 is 0. The molecule has 1 unspecified atom stereocenters. The molecule has 0 heterocycles. The van der Waals surface area contributed by atoms with Crippen LogP contribution in [0.15, 0.2) is 53.3 Å². The van der Waals surface area contributed by atoms with E-state index >= 15 is 0 Å². The molecule has 0 aliphatic heterocycles. The third-order valence-corrected chi connectivity index (χ3v) is 3.49. The lowest BCUT2D eigenvalue weighted by Crippen LogP contribution is -2.25. The summed E-state index contributed by atoms with van der Waals surface area (Å²) in [6.45, 7) is 6.51. The van der Waals surface area contributed by atoms with Gasteiger partial charge >= 0.3 is 0 Å². The highest BCUT2D eigenvalue weighted by atomic mass is 14.6. The van der Waals surface area contributed by atoms with Gasteiger partial charge in [0.05, 0.1) is 0 Å². The fraction of sp³-hybridized carbons (Fsp3) is 0.333. The maximum atomic E-state index is 6.03. The molecule has 1 aliphatic carbocycles. The third-order valence-electron chi connectivity index (χ3n) is 3.49.